The maximum absolute atomic E-state index is 9.35. The quantitative estimate of drug-likeness (QED) is 0.243. The predicted octanol–water partition coefficient (Wildman–Crippen LogP) is 1.71. The molecular weight excluding hydrogens is 262 g/mol. The van der Waals surface area contributed by atoms with Crippen LogP contribution in [0.1, 0.15) is 18.9 Å². The standard InChI is InChI=1S/C13H21N3O2S/c1-9(17)7-8-16(2)10-5-4-6-11(19-3)12(10)13(14)15-18/h4-6,9,17-18H,7-8H2,1-3H3,(H2,14,15). The van der Waals surface area contributed by atoms with E-state index in [1.54, 1.807) is 18.7 Å². The topological polar surface area (TPSA) is 82.1 Å². The Balaban J connectivity index is 3.12. The van der Waals surface area contributed by atoms with Crippen molar-refractivity contribution in [2.45, 2.75) is 24.3 Å². The third kappa shape index (κ3) is 4.04. The number of anilines is 1. The zero-order valence-corrected chi connectivity index (χ0v) is 12.3. The highest BCUT2D eigenvalue weighted by Crippen LogP contribution is 2.29. The minimum atomic E-state index is -0.349. The number of nitrogens with zero attached hydrogens (tertiary/aromatic N) is 2. The van der Waals surface area contributed by atoms with E-state index in [1.165, 1.54) is 0 Å². The molecule has 0 saturated heterocycles. The number of benzene rings is 1. The molecule has 1 atom stereocenters. The van der Waals surface area contributed by atoms with Crippen molar-refractivity contribution in [2.24, 2.45) is 10.9 Å². The van der Waals surface area contributed by atoms with Crippen LogP contribution in [0.4, 0.5) is 5.69 Å². The van der Waals surface area contributed by atoms with Crippen LogP contribution >= 0.6 is 11.8 Å². The summed E-state index contributed by atoms with van der Waals surface area (Å²) in [6.07, 6.45) is 2.26. The first-order valence-corrected chi connectivity index (χ1v) is 7.27. The predicted molar refractivity (Wildman–Crippen MR) is 80.3 cm³/mol. The maximum atomic E-state index is 9.35. The molecule has 0 aromatic heterocycles. The van der Waals surface area contributed by atoms with Crippen molar-refractivity contribution in [3.05, 3.63) is 23.8 Å². The Bertz CT molecular complexity index is 450. The van der Waals surface area contributed by atoms with Crippen molar-refractivity contribution < 1.29 is 10.3 Å². The number of aliphatic hydroxyl groups excluding tert-OH is 1. The lowest BCUT2D eigenvalue weighted by atomic mass is 10.1. The van der Waals surface area contributed by atoms with Crippen LogP contribution in [0.25, 0.3) is 0 Å². The molecule has 0 amide bonds. The Hall–Kier alpha value is -1.40. The van der Waals surface area contributed by atoms with E-state index >= 15 is 0 Å². The van der Waals surface area contributed by atoms with Crippen LogP contribution in [0.5, 0.6) is 0 Å². The molecule has 0 spiro atoms. The summed E-state index contributed by atoms with van der Waals surface area (Å²) in [4.78, 5) is 2.96. The molecule has 0 radical (unpaired) electrons. The minimum absolute atomic E-state index is 0.101. The number of rotatable bonds is 6. The lowest BCUT2D eigenvalue weighted by Gasteiger charge is -2.24. The third-order valence-electron chi connectivity index (χ3n) is 2.88. The summed E-state index contributed by atoms with van der Waals surface area (Å²) in [7, 11) is 1.93. The van der Waals surface area contributed by atoms with E-state index in [2.05, 4.69) is 5.16 Å². The molecule has 106 valence electrons. The summed E-state index contributed by atoms with van der Waals surface area (Å²) in [6, 6.07) is 5.80. The average Bonchev–Trinajstić information content (AvgIpc) is 2.42. The highest BCUT2D eigenvalue weighted by atomic mass is 32.2. The van der Waals surface area contributed by atoms with Gasteiger partial charge in [-0.25, -0.2) is 0 Å². The molecule has 5 nitrogen and oxygen atoms in total. The van der Waals surface area contributed by atoms with Crippen molar-refractivity contribution in [1.29, 1.82) is 0 Å². The third-order valence-corrected chi connectivity index (χ3v) is 3.66. The number of nitrogens with two attached hydrogens (primary N) is 1. The van der Waals surface area contributed by atoms with Crippen molar-refractivity contribution in [3.8, 4) is 0 Å². The Labute approximate surface area is 118 Å². The highest BCUT2D eigenvalue weighted by molar-refractivity contribution is 7.98. The summed E-state index contributed by atoms with van der Waals surface area (Å²) >= 11 is 1.55. The van der Waals surface area contributed by atoms with E-state index in [-0.39, 0.29) is 11.9 Å². The largest absolute Gasteiger partial charge is 0.409 e. The van der Waals surface area contributed by atoms with E-state index in [0.29, 0.717) is 13.0 Å². The van der Waals surface area contributed by atoms with E-state index in [4.69, 9.17) is 10.9 Å². The molecule has 1 unspecified atom stereocenters. The fraction of sp³-hybridized carbons (Fsp3) is 0.462. The van der Waals surface area contributed by atoms with Gasteiger partial charge in [-0.2, -0.15) is 0 Å². The summed E-state index contributed by atoms with van der Waals surface area (Å²) in [5.74, 6) is 0.101. The van der Waals surface area contributed by atoms with Crippen molar-refractivity contribution >= 4 is 23.3 Å². The second-order valence-electron chi connectivity index (χ2n) is 4.40. The number of oxime groups is 1. The lowest BCUT2D eigenvalue weighted by molar-refractivity contribution is 0.187. The summed E-state index contributed by atoms with van der Waals surface area (Å²) in [5, 5.41) is 21.4. The highest BCUT2D eigenvalue weighted by Gasteiger charge is 2.15. The van der Waals surface area contributed by atoms with Crippen LogP contribution in [0.2, 0.25) is 0 Å². The molecule has 0 fully saturated rings. The van der Waals surface area contributed by atoms with Gasteiger partial charge in [-0.15, -0.1) is 11.8 Å². The summed E-state index contributed by atoms with van der Waals surface area (Å²) in [6.45, 7) is 2.46. The molecule has 0 aliphatic rings. The van der Waals surface area contributed by atoms with Gasteiger partial charge in [-0.05, 0) is 31.7 Å². The van der Waals surface area contributed by atoms with E-state index in [0.717, 1.165) is 16.1 Å². The zero-order chi connectivity index (χ0) is 14.4. The molecule has 6 heteroatoms. The molecule has 19 heavy (non-hydrogen) atoms. The Morgan fingerprint density at radius 3 is 2.74 bits per heavy atom. The molecule has 4 N–H and O–H groups in total. The molecule has 1 rings (SSSR count). The number of hydrogen-bond acceptors (Lipinski definition) is 5. The second kappa shape index (κ2) is 7.25. The first kappa shape index (κ1) is 15.7. The second-order valence-corrected chi connectivity index (χ2v) is 5.25. The average molecular weight is 283 g/mol. The van der Waals surface area contributed by atoms with E-state index in [1.807, 2.05) is 36.4 Å². The van der Waals surface area contributed by atoms with Crippen molar-refractivity contribution in [1.82, 2.24) is 0 Å². The van der Waals surface area contributed by atoms with Gasteiger partial charge in [-0.3, -0.25) is 0 Å². The summed E-state index contributed by atoms with van der Waals surface area (Å²) < 4.78 is 0. The van der Waals surface area contributed by atoms with Crippen LogP contribution in [0.15, 0.2) is 28.3 Å². The van der Waals surface area contributed by atoms with Gasteiger partial charge in [-0.1, -0.05) is 11.2 Å². The minimum Gasteiger partial charge on any atom is -0.409 e. The van der Waals surface area contributed by atoms with Gasteiger partial charge in [0.15, 0.2) is 5.84 Å². The van der Waals surface area contributed by atoms with Crippen LogP contribution < -0.4 is 10.6 Å². The fourth-order valence-electron chi connectivity index (χ4n) is 1.82. The molecule has 0 aliphatic heterocycles. The molecular formula is C13H21N3O2S. The monoisotopic (exact) mass is 283 g/mol. The molecule has 1 aromatic rings. The molecule has 0 aliphatic carbocycles. The van der Waals surface area contributed by atoms with Crippen LogP contribution in [-0.2, 0) is 0 Å². The first-order chi connectivity index (χ1) is 9.01. The Morgan fingerprint density at radius 2 is 2.21 bits per heavy atom. The van der Waals surface area contributed by atoms with Crippen LogP contribution in [0, 0.1) is 0 Å². The van der Waals surface area contributed by atoms with Gasteiger partial charge < -0.3 is 20.9 Å². The molecule has 1 aromatic carbocycles. The van der Waals surface area contributed by atoms with Crippen molar-refractivity contribution in [3.63, 3.8) is 0 Å². The Kier molecular flexibility index (Phi) is 5.98. The van der Waals surface area contributed by atoms with Gasteiger partial charge >= 0.3 is 0 Å². The molecule has 0 saturated carbocycles. The van der Waals surface area contributed by atoms with E-state index in [9.17, 15) is 5.11 Å². The number of hydrogen-bond donors (Lipinski definition) is 3. The zero-order valence-electron chi connectivity index (χ0n) is 11.5. The SMILES string of the molecule is CSc1cccc(N(C)CCC(C)O)c1/C(N)=N/O. The summed E-state index contributed by atoms with van der Waals surface area (Å²) in [5.41, 5.74) is 7.39. The van der Waals surface area contributed by atoms with Gasteiger partial charge in [0, 0.05) is 24.2 Å². The van der Waals surface area contributed by atoms with Gasteiger partial charge in [0.2, 0.25) is 0 Å². The Morgan fingerprint density at radius 1 is 1.53 bits per heavy atom. The molecule has 0 heterocycles. The fourth-order valence-corrected chi connectivity index (χ4v) is 2.44. The van der Waals surface area contributed by atoms with E-state index < -0.39 is 0 Å². The lowest BCUT2D eigenvalue weighted by Crippen LogP contribution is -2.26. The van der Waals surface area contributed by atoms with Crippen LogP contribution in [0.3, 0.4) is 0 Å². The first-order valence-electron chi connectivity index (χ1n) is 6.05. The van der Waals surface area contributed by atoms with Crippen LogP contribution in [-0.4, -0.2) is 42.1 Å². The number of thioether (sulfide) groups is 1. The van der Waals surface area contributed by atoms with Crippen molar-refractivity contribution in [2.75, 3.05) is 24.7 Å². The maximum Gasteiger partial charge on any atom is 0.173 e. The van der Waals surface area contributed by atoms with Gasteiger partial charge in [0.25, 0.3) is 0 Å². The normalized spacial score (nSPS) is 13.4. The van der Waals surface area contributed by atoms with Gasteiger partial charge in [0.1, 0.15) is 0 Å². The number of aliphatic hydroxyl groups is 1. The molecule has 0 bridgehead atoms. The smallest absolute Gasteiger partial charge is 0.173 e. The van der Waals surface area contributed by atoms with Gasteiger partial charge in [0.05, 0.1) is 11.7 Å². The number of amidine groups is 1.